The molecule has 7 nitrogen and oxygen atoms in total. The summed E-state index contributed by atoms with van der Waals surface area (Å²) >= 11 is 0. The molecule has 11 heteroatoms. The molecule has 0 saturated carbocycles. The molecule has 2 aromatic rings. The van der Waals surface area contributed by atoms with Crippen LogP contribution in [0.5, 0.6) is 0 Å². The van der Waals surface area contributed by atoms with E-state index in [4.69, 9.17) is 0 Å². The summed E-state index contributed by atoms with van der Waals surface area (Å²) in [5, 5.41) is 5.76. The number of amides is 1. The molecule has 148 valence electrons. The van der Waals surface area contributed by atoms with Crippen molar-refractivity contribution in [1.82, 2.24) is 14.1 Å². The summed E-state index contributed by atoms with van der Waals surface area (Å²) in [6.07, 6.45) is -3.54. The molecule has 0 aliphatic carbocycles. The highest BCUT2D eigenvalue weighted by Gasteiger charge is 2.33. The van der Waals surface area contributed by atoms with Gasteiger partial charge in [0.2, 0.25) is 15.9 Å². The molecule has 1 N–H and O–H groups in total. The number of carbonyl (C=O) groups excluding carboxylic acids is 1. The number of alkyl halides is 3. The van der Waals surface area contributed by atoms with Crippen molar-refractivity contribution >= 4 is 21.6 Å². The monoisotopic (exact) mass is 404 g/mol. The highest BCUT2D eigenvalue weighted by molar-refractivity contribution is 7.89. The van der Waals surface area contributed by atoms with Crippen molar-refractivity contribution in [2.75, 3.05) is 18.4 Å². The van der Waals surface area contributed by atoms with E-state index in [0.29, 0.717) is 13.1 Å². The van der Waals surface area contributed by atoms with Crippen LogP contribution in [0.2, 0.25) is 0 Å². The Hall–Kier alpha value is -2.40. The lowest BCUT2D eigenvalue weighted by Crippen LogP contribution is -2.30. The van der Waals surface area contributed by atoms with Crippen molar-refractivity contribution in [2.24, 2.45) is 0 Å². The fourth-order valence-electron chi connectivity index (χ4n) is 2.40. The summed E-state index contributed by atoms with van der Waals surface area (Å²) in [5.74, 6) is -0.635. The van der Waals surface area contributed by atoms with Gasteiger partial charge in [-0.1, -0.05) is 19.9 Å². The number of anilines is 1. The van der Waals surface area contributed by atoms with Crippen molar-refractivity contribution in [3.63, 3.8) is 0 Å². The van der Waals surface area contributed by atoms with E-state index in [9.17, 15) is 26.4 Å². The van der Waals surface area contributed by atoms with E-state index in [0.717, 1.165) is 16.9 Å². The SMILES string of the molecule is CCN(CC)S(=O)(=O)c1cccc(NC(=O)Cn2ccc(C(F)(F)F)n2)c1. The minimum Gasteiger partial charge on any atom is -0.324 e. The lowest BCUT2D eigenvalue weighted by molar-refractivity contribution is -0.141. The average molecular weight is 404 g/mol. The molecule has 1 aromatic carbocycles. The molecule has 27 heavy (non-hydrogen) atoms. The fourth-order valence-corrected chi connectivity index (χ4v) is 3.90. The first-order chi connectivity index (χ1) is 12.6. The molecule has 0 aliphatic rings. The van der Waals surface area contributed by atoms with Gasteiger partial charge in [0, 0.05) is 25.0 Å². The number of nitrogens with zero attached hydrogens (tertiary/aromatic N) is 3. The minimum atomic E-state index is -4.59. The standard InChI is InChI=1S/C16H19F3N4O3S/c1-3-23(4-2)27(25,26)13-7-5-6-12(10-13)20-15(24)11-22-9-8-14(21-22)16(17,18)19/h5-10H,3-4,11H2,1-2H3,(H,20,24). The second-order valence-corrected chi connectivity index (χ2v) is 7.50. The predicted octanol–water partition coefficient (Wildman–Crippen LogP) is 2.57. The van der Waals surface area contributed by atoms with Crippen molar-refractivity contribution < 1.29 is 26.4 Å². The third-order valence-corrected chi connectivity index (χ3v) is 5.74. The van der Waals surface area contributed by atoms with Gasteiger partial charge in [-0.05, 0) is 24.3 Å². The van der Waals surface area contributed by atoms with Crippen LogP contribution in [0.1, 0.15) is 19.5 Å². The van der Waals surface area contributed by atoms with Gasteiger partial charge in [-0.15, -0.1) is 0 Å². The second kappa shape index (κ2) is 8.09. The van der Waals surface area contributed by atoms with E-state index in [1.165, 1.54) is 28.6 Å². The first-order valence-electron chi connectivity index (χ1n) is 8.08. The van der Waals surface area contributed by atoms with E-state index in [1.807, 2.05) is 0 Å². The van der Waals surface area contributed by atoms with Crippen LogP contribution in [0.15, 0.2) is 41.4 Å². The lowest BCUT2D eigenvalue weighted by Gasteiger charge is -2.18. The van der Waals surface area contributed by atoms with Gasteiger partial charge in [0.1, 0.15) is 6.54 Å². The van der Waals surface area contributed by atoms with Crippen LogP contribution in [-0.4, -0.2) is 41.5 Å². The van der Waals surface area contributed by atoms with Gasteiger partial charge in [-0.2, -0.15) is 22.6 Å². The van der Waals surface area contributed by atoms with Gasteiger partial charge in [0.05, 0.1) is 4.90 Å². The number of aromatic nitrogens is 2. The number of sulfonamides is 1. The van der Waals surface area contributed by atoms with Crippen LogP contribution < -0.4 is 5.32 Å². The zero-order chi connectivity index (χ0) is 20.2. The maximum atomic E-state index is 12.5. The zero-order valence-electron chi connectivity index (χ0n) is 14.7. The third-order valence-electron chi connectivity index (χ3n) is 3.70. The molecule has 0 spiro atoms. The maximum Gasteiger partial charge on any atom is 0.435 e. The quantitative estimate of drug-likeness (QED) is 0.769. The summed E-state index contributed by atoms with van der Waals surface area (Å²) in [4.78, 5) is 12.1. The largest absolute Gasteiger partial charge is 0.435 e. The minimum absolute atomic E-state index is 0.0162. The van der Waals surface area contributed by atoms with Crippen molar-refractivity contribution in [3.8, 4) is 0 Å². The van der Waals surface area contributed by atoms with Gasteiger partial charge < -0.3 is 5.32 Å². The number of nitrogens with one attached hydrogen (secondary N) is 1. The molecule has 0 saturated heterocycles. The van der Waals surface area contributed by atoms with Gasteiger partial charge in [-0.3, -0.25) is 9.48 Å². The molecule has 1 amide bonds. The van der Waals surface area contributed by atoms with Crippen LogP contribution in [0.4, 0.5) is 18.9 Å². The highest BCUT2D eigenvalue weighted by Crippen LogP contribution is 2.27. The highest BCUT2D eigenvalue weighted by atomic mass is 32.2. The summed E-state index contributed by atoms with van der Waals surface area (Å²) in [7, 11) is -3.69. The smallest absolute Gasteiger partial charge is 0.324 e. The lowest BCUT2D eigenvalue weighted by atomic mass is 10.3. The molecule has 0 radical (unpaired) electrons. The Morgan fingerprint density at radius 2 is 1.89 bits per heavy atom. The summed E-state index contributed by atoms with van der Waals surface area (Å²) in [6.45, 7) is 3.59. The average Bonchev–Trinajstić information content (AvgIpc) is 3.04. The molecule has 1 heterocycles. The van der Waals surface area contributed by atoms with E-state index in [-0.39, 0.29) is 10.6 Å². The van der Waals surface area contributed by atoms with Gasteiger partial charge >= 0.3 is 6.18 Å². The maximum absolute atomic E-state index is 12.5. The molecule has 2 rings (SSSR count). The number of carbonyl (C=O) groups is 1. The molecule has 0 atom stereocenters. The third kappa shape index (κ3) is 5.07. The topological polar surface area (TPSA) is 84.3 Å². The van der Waals surface area contributed by atoms with Crippen LogP contribution in [0.25, 0.3) is 0 Å². The Labute approximate surface area is 154 Å². The van der Waals surface area contributed by atoms with E-state index < -0.39 is 34.3 Å². The number of hydrogen-bond donors (Lipinski definition) is 1. The molecule has 0 bridgehead atoms. The Balaban J connectivity index is 2.12. The van der Waals surface area contributed by atoms with E-state index >= 15 is 0 Å². The molecule has 0 fully saturated rings. The summed E-state index contributed by atoms with van der Waals surface area (Å²) in [6, 6.07) is 6.44. The predicted molar refractivity (Wildman–Crippen MR) is 92.4 cm³/mol. The number of halogens is 3. The van der Waals surface area contributed by atoms with Crippen molar-refractivity contribution in [1.29, 1.82) is 0 Å². The first-order valence-corrected chi connectivity index (χ1v) is 9.52. The van der Waals surface area contributed by atoms with Crippen LogP contribution >= 0.6 is 0 Å². The molecule has 1 aromatic heterocycles. The van der Waals surface area contributed by atoms with Crippen LogP contribution in [0.3, 0.4) is 0 Å². The van der Waals surface area contributed by atoms with Crippen LogP contribution in [-0.2, 0) is 27.5 Å². The van der Waals surface area contributed by atoms with Gasteiger partial charge in [0.25, 0.3) is 0 Å². The number of hydrogen-bond acceptors (Lipinski definition) is 4. The van der Waals surface area contributed by atoms with Crippen LogP contribution in [0, 0.1) is 0 Å². The van der Waals surface area contributed by atoms with Crippen molar-refractivity contribution in [2.45, 2.75) is 31.5 Å². The molecular weight excluding hydrogens is 385 g/mol. The second-order valence-electron chi connectivity index (χ2n) is 5.56. The number of benzene rings is 1. The van der Waals surface area contributed by atoms with Gasteiger partial charge in [-0.25, -0.2) is 8.42 Å². The van der Waals surface area contributed by atoms with Crippen molar-refractivity contribution in [3.05, 3.63) is 42.2 Å². The van der Waals surface area contributed by atoms with E-state index in [1.54, 1.807) is 13.8 Å². The zero-order valence-corrected chi connectivity index (χ0v) is 15.5. The first kappa shape index (κ1) is 20.9. The molecular formula is C16H19F3N4O3S. The Bertz CT molecular complexity index is 906. The number of rotatable bonds is 7. The fraction of sp³-hybridized carbons (Fsp3) is 0.375. The van der Waals surface area contributed by atoms with Gasteiger partial charge in [0.15, 0.2) is 5.69 Å². The Morgan fingerprint density at radius 3 is 2.44 bits per heavy atom. The molecule has 0 unspecified atom stereocenters. The normalized spacial score (nSPS) is 12.4. The summed E-state index contributed by atoms with van der Waals surface area (Å²) < 4.78 is 64.7. The summed E-state index contributed by atoms with van der Waals surface area (Å²) in [5.41, 5.74) is -0.876. The Kier molecular flexibility index (Phi) is 6.26. The van der Waals surface area contributed by atoms with E-state index in [2.05, 4.69) is 10.4 Å². The molecule has 0 aliphatic heterocycles. The Morgan fingerprint density at radius 1 is 1.22 bits per heavy atom.